The summed E-state index contributed by atoms with van der Waals surface area (Å²) in [4.78, 5) is 14.2. The van der Waals surface area contributed by atoms with Crippen molar-refractivity contribution < 1.29 is 14.3 Å². The van der Waals surface area contributed by atoms with Gasteiger partial charge in [0.2, 0.25) is 6.79 Å². The number of rotatable bonds is 5. The minimum Gasteiger partial charge on any atom is -0.454 e. The first kappa shape index (κ1) is 15.7. The average molecular weight is 329 g/mol. The summed E-state index contributed by atoms with van der Waals surface area (Å²) in [6, 6.07) is 13.6. The normalized spacial score (nSPS) is 12.3. The zero-order valence-electron chi connectivity index (χ0n) is 13.2. The molecule has 0 unspecified atom stereocenters. The maximum absolute atomic E-state index is 12.5. The molecule has 3 rings (SSSR count). The summed E-state index contributed by atoms with van der Waals surface area (Å²) >= 11 is 1.77. The maximum Gasteiger partial charge on any atom is 0.253 e. The number of hydrogen-bond donors (Lipinski definition) is 0. The van der Waals surface area contributed by atoms with Gasteiger partial charge >= 0.3 is 0 Å². The van der Waals surface area contributed by atoms with Crippen LogP contribution in [0.2, 0.25) is 0 Å². The highest BCUT2D eigenvalue weighted by atomic mass is 32.2. The average Bonchev–Trinajstić information content (AvgIpc) is 3.03. The lowest BCUT2D eigenvalue weighted by molar-refractivity contribution is 0.0785. The van der Waals surface area contributed by atoms with E-state index in [4.69, 9.17) is 9.47 Å². The third-order valence-electron chi connectivity index (χ3n) is 3.72. The third-order valence-corrected chi connectivity index (χ3v) is 4.34. The Hall–Kier alpha value is -2.14. The number of ether oxygens (including phenoxy) is 2. The topological polar surface area (TPSA) is 38.8 Å². The van der Waals surface area contributed by atoms with Crippen molar-refractivity contribution in [3.8, 4) is 11.5 Å². The number of thioether (sulfide) groups is 1. The Balaban J connectivity index is 1.67. The van der Waals surface area contributed by atoms with E-state index in [2.05, 4.69) is 6.26 Å². The Morgan fingerprint density at radius 3 is 2.52 bits per heavy atom. The van der Waals surface area contributed by atoms with Gasteiger partial charge in [0.05, 0.1) is 0 Å². The molecule has 0 saturated heterocycles. The number of carbonyl (C=O) groups is 1. The smallest absolute Gasteiger partial charge is 0.253 e. The van der Waals surface area contributed by atoms with E-state index >= 15 is 0 Å². The van der Waals surface area contributed by atoms with Crippen molar-refractivity contribution in [1.82, 2.24) is 4.90 Å². The molecular formula is C18H19NO3S. The van der Waals surface area contributed by atoms with Crippen molar-refractivity contribution in [3.63, 3.8) is 0 Å². The molecule has 1 aliphatic heterocycles. The van der Waals surface area contributed by atoms with Gasteiger partial charge in [0, 0.05) is 24.9 Å². The molecule has 2 aromatic carbocycles. The molecule has 0 aromatic heterocycles. The first-order valence-corrected chi connectivity index (χ1v) is 8.78. The summed E-state index contributed by atoms with van der Waals surface area (Å²) < 4.78 is 10.7. The molecule has 1 amide bonds. The zero-order valence-corrected chi connectivity index (χ0v) is 14.1. The van der Waals surface area contributed by atoms with Gasteiger partial charge in [0.25, 0.3) is 5.91 Å². The summed E-state index contributed by atoms with van der Waals surface area (Å²) in [6.45, 7) is 0.790. The highest BCUT2D eigenvalue weighted by Crippen LogP contribution is 2.32. The van der Waals surface area contributed by atoms with Gasteiger partial charge in [-0.2, -0.15) is 11.8 Å². The second-order valence-electron chi connectivity index (χ2n) is 5.48. The predicted octanol–water partition coefficient (Wildman–Crippen LogP) is 3.55. The Labute approximate surface area is 140 Å². The van der Waals surface area contributed by atoms with E-state index in [9.17, 15) is 4.79 Å². The summed E-state index contributed by atoms with van der Waals surface area (Å²) in [5.41, 5.74) is 2.95. The second-order valence-corrected chi connectivity index (χ2v) is 6.34. The monoisotopic (exact) mass is 329 g/mol. The van der Waals surface area contributed by atoms with Crippen LogP contribution in [0.1, 0.15) is 21.5 Å². The fraction of sp³-hybridized carbons (Fsp3) is 0.278. The number of nitrogens with zero attached hydrogens (tertiary/aromatic N) is 1. The summed E-state index contributed by atoms with van der Waals surface area (Å²) in [5, 5.41) is 0. The molecule has 1 heterocycles. The lowest BCUT2D eigenvalue weighted by Gasteiger charge is -2.17. The lowest BCUT2D eigenvalue weighted by atomic mass is 10.1. The Bertz CT molecular complexity index is 700. The van der Waals surface area contributed by atoms with E-state index < -0.39 is 0 Å². The van der Waals surface area contributed by atoms with E-state index in [-0.39, 0.29) is 12.7 Å². The molecule has 0 spiro atoms. The molecule has 0 radical (unpaired) electrons. The van der Waals surface area contributed by atoms with E-state index in [0.29, 0.717) is 12.1 Å². The van der Waals surface area contributed by atoms with Crippen LogP contribution in [0.15, 0.2) is 42.5 Å². The van der Waals surface area contributed by atoms with Gasteiger partial charge in [-0.1, -0.05) is 18.2 Å². The van der Waals surface area contributed by atoms with Crippen molar-refractivity contribution in [2.75, 3.05) is 20.1 Å². The highest BCUT2D eigenvalue weighted by Gasteiger charge is 2.16. The van der Waals surface area contributed by atoms with E-state index in [1.54, 1.807) is 16.7 Å². The van der Waals surface area contributed by atoms with Crippen LogP contribution in [0.5, 0.6) is 11.5 Å². The highest BCUT2D eigenvalue weighted by molar-refractivity contribution is 7.97. The fourth-order valence-electron chi connectivity index (χ4n) is 2.52. The van der Waals surface area contributed by atoms with Crippen molar-refractivity contribution >= 4 is 17.7 Å². The first-order chi connectivity index (χ1) is 11.2. The maximum atomic E-state index is 12.5. The molecule has 5 heteroatoms. The van der Waals surface area contributed by atoms with E-state index in [1.807, 2.05) is 49.5 Å². The third kappa shape index (κ3) is 3.62. The molecule has 4 nitrogen and oxygen atoms in total. The van der Waals surface area contributed by atoms with Crippen molar-refractivity contribution in [2.24, 2.45) is 0 Å². The van der Waals surface area contributed by atoms with Crippen molar-refractivity contribution in [1.29, 1.82) is 0 Å². The van der Waals surface area contributed by atoms with E-state index in [1.165, 1.54) is 5.56 Å². The number of hydrogen-bond acceptors (Lipinski definition) is 4. The molecule has 23 heavy (non-hydrogen) atoms. The minimum absolute atomic E-state index is 0.0124. The SMILES string of the molecule is CSCc1ccc(C(=O)N(C)Cc2ccc3c(c2)OCO3)cc1. The van der Waals surface area contributed by atoms with Crippen LogP contribution in [-0.2, 0) is 12.3 Å². The second kappa shape index (κ2) is 6.96. The summed E-state index contributed by atoms with van der Waals surface area (Å²) in [5.74, 6) is 2.47. The van der Waals surface area contributed by atoms with E-state index in [0.717, 1.165) is 22.8 Å². The van der Waals surface area contributed by atoms with Crippen LogP contribution in [0.4, 0.5) is 0 Å². The molecule has 0 bridgehead atoms. The van der Waals surface area contributed by atoms with Crippen LogP contribution in [0, 0.1) is 0 Å². The number of fused-ring (bicyclic) bond motifs is 1. The van der Waals surface area contributed by atoms with Gasteiger partial charge in [-0.25, -0.2) is 0 Å². The first-order valence-electron chi connectivity index (χ1n) is 7.39. The zero-order chi connectivity index (χ0) is 16.2. The van der Waals surface area contributed by atoms with Crippen LogP contribution in [0.3, 0.4) is 0 Å². The number of benzene rings is 2. The van der Waals surface area contributed by atoms with Crippen LogP contribution in [-0.4, -0.2) is 30.9 Å². The summed E-state index contributed by atoms with van der Waals surface area (Å²) in [7, 11) is 1.81. The van der Waals surface area contributed by atoms with Gasteiger partial charge in [-0.15, -0.1) is 0 Å². The fourth-order valence-corrected chi connectivity index (χ4v) is 3.04. The Morgan fingerprint density at radius 2 is 1.78 bits per heavy atom. The van der Waals surface area contributed by atoms with Gasteiger partial charge < -0.3 is 14.4 Å². The molecule has 120 valence electrons. The quantitative estimate of drug-likeness (QED) is 0.841. The summed E-state index contributed by atoms with van der Waals surface area (Å²) in [6.07, 6.45) is 2.07. The largest absolute Gasteiger partial charge is 0.454 e. The molecule has 0 aliphatic carbocycles. The van der Waals surface area contributed by atoms with Gasteiger partial charge in [0.1, 0.15) is 0 Å². The Kier molecular flexibility index (Phi) is 4.76. The molecule has 1 aliphatic rings. The predicted molar refractivity (Wildman–Crippen MR) is 92.0 cm³/mol. The van der Waals surface area contributed by atoms with Gasteiger partial charge in [-0.3, -0.25) is 4.79 Å². The van der Waals surface area contributed by atoms with Gasteiger partial charge in [0.15, 0.2) is 11.5 Å². The van der Waals surface area contributed by atoms with Crippen LogP contribution >= 0.6 is 11.8 Å². The minimum atomic E-state index is 0.0124. The molecule has 0 saturated carbocycles. The van der Waals surface area contributed by atoms with Crippen molar-refractivity contribution in [2.45, 2.75) is 12.3 Å². The molecular weight excluding hydrogens is 310 g/mol. The van der Waals surface area contributed by atoms with Gasteiger partial charge in [-0.05, 0) is 41.6 Å². The van der Waals surface area contributed by atoms with Crippen molar-refractivity contribution in [3.05, 3.63) is 59.2 Å². The molecule has 0 fully saturated rings. The number of amides is 1. The Morgan fingerprint density at radius 1 is 1.09 bits per heavy atom. The molecule has 0 N–H and O–H groups in total. The number of carbonyl (C=O) groups excluding carboxylic acids is 1. The standard InChI is InChI=1S/C18H19NO3S/c1-19(10-14-5-8-16-17(9-14)22-12-21-16)18(20)15-6-3-13(4-7-15)11-23-2/h3-9H,10-12H2,1-2H3. The molecule has 2 aromatic rings. The van der Waals surface area contributed by atoms with Crippen LogP contribution < -0.4 is 9.47 Å². The molecule has 0 atom stereocenters. The van der Waals surface area contributed by atoms with Crippen LogP contribution in [0.25, 0.3) is 0 Å². The lowest BCUT2D eigenvalue weighted by Crippen LogP contribution is -2.26.